The van der Waals surface area contributed by atoms with E-state index >= 15 is 0 Å². The van der Waals surface area contributed by atoms with Crippen LogP contribution in [0.5, 0.6) is 0 Å². The number of carboxylic acids is 1. The number of carbonyl (C=O) groups is 2. The molecule has 0 aliphatic heterocycles. The van der Waals surface area contributed by atoms with Gasteiger partial charge in [0.25, 0.3) is 0 Å². The Bertz CT molecular complexity index is 671. The Balaban J connectivity index is 1.87. The first-order chi connectivity index (χ1) is 10.6. The molecule has 0 saturated carbocycles. The zero-order chi connectivity index (χ0) is 15.9. The van der Waals surface area contributed by atoms with Gasteiger partial charge >= 0.3 is 5.97 Å². The second-order valence-electron chi connectivity index (χ2n) is 4.71. The number of aryl methyl sites for hydroxylation is 1. The van der Waals surface area contributed by atoms with Crippen LogP contribution in [0.1, 0.15) is 24.6 Å². The van der Waals surface area contributed by atoms with E-state index in [1.165, 1.54) is 11.2 Å². The second-order valence-corrected chi connectivity index (χ2v) is 5.82. The molecular weight excluding hydrogens is 304 g/mol. The van der Waals surface area contributed by atoms with Crippen molar-refractivity contribution in [3.63, 3.8) is 0 Å². The van der Waals surface area contributed by atoms with Gasteiger partial charge in [0.2, 0.25) is 5.91 Å². The van der Waals surface area contributed by atoms with Crippen LogP contribution >= 0.6 is 11.3 Å². The SMILES string of the molecule is CCc1cc2c(NCC(=O)NCCCC(=O)O)ncnc2s1. The monoisotopic (exact) mass is 322 g/mol. The topological polar surface area (TPSA) is 104 Å². The molecule has 2 aromatic rings. The summed E-state index contributed by atoms with van der Waals surface area (Å²) in [7, 11) is 0. The highest BCUT2D eigenvalue weighted by Gasteiger charge is 2.09. The Morgan fingerprint density at radius 2 is 2.18 bits per heavy atom. The maximum Gasteiger partial charge on any atom is 0.303 e. The summed E-state index contributed by atoms with van der Waals surface area (Å²) in [5, 5.41) is 15.1. The number of nitrogens with zero attached hydrogens (tertiary/aromatic N) is 2. The molecule has 1 amide bonds. The number of fused-ring (bicyclic) bond motifs is 1. The molecule has 22 heavy (non-hydrogen) atoms. The van der Waals surface area contributed by atoms with Gasteiger partial charge in [0, 0.05) is 17.8 Å². The fourth-order valence-corrected chi connectivity index (χ4v) is 2.85. The smallest absolute Gasteiger partial charge is 0.303 e. The average Bonchev–Trinajstić information content (AvgIpc) is 2.93. The van der Waals surface area contributed by atoms with Crippen LogP contribution in [0, 0.1) is 0 Å². The summed E-state index contributed by atoms with van der Waals surface area (Å²) in [5.41, 5.74) is 0. The highest BCUT2D eigenvalue weighted by molar-refractivity contribution is 7.18. The molecular formula is C14H18N4O3S. The second kappa shape index (κ2) is 7.69. The average molecular weight is 322 g/mol. The van der Waals surface area contributed by atoms with E-state index in [4.69, 9.17) is 5.11 Å². The summed E-state index contributed by atoms with van der Waals surface area (Å²) in [6.45, 7) is 2.52. The van der Waals surface area contributed by atoms with E-state index in [0.29, 0.717) is 18.8 Å². The quantitative estimate of drug-likeness (QED) is 0.638. The van der Waals surface area contributed by atoms with Gasteiger partial charge in [-0.3, -0.25) is 9.59 Å². The standard InChI is InChI=1S/C14H18N4O3S/c1-2-9-6-10-13(17-8-18-14(10)22-9)16-7-11(19)15-5-3-4-12(20)21/h6,8H,2-5,7H2,1H3,(H,15,19)(H,20,21)(H,16,17,18). The molecule has 0 bridgehead atoms. The highest BCUT2D eigenvalue weighted by Crippen LogP contribution is 2.28. The zero-order valence-corrected chi connectivity index (χ0v) is 13.1. The van der Waals surface area contributed by atoms with Crippen LogP contribution < -0.4 is 10.6 Å². The van der Waals surface area contributed by atoms with E-state index in [-0.39, 0.29) is 18.9 Å². The lowest BCUT2D eigenvalue weighted by molar-refractivity contribution is -0.137. The number of thiophene rings is 1. The molecule has 0 atom stereocenters. The lowest BCUT2D eigenvalue weighted by Gasteiger charge is -2.07. The molecule has 2 rings (SSSR count). The van der Waals surface area contributed by atoms with Crippen molar-refractivity contribution in [3.05, 3.63) is 17.3 Å². The largest absolute Gasteiger partial charge is 0.481 e. The molecule has 0 saturated heterocycles. The van der Waals surface area contributed by atoms with Gasteiger partial charge in [-0.1, -0.05) is 6.92 Å². The van der Waals surface area contributed by atoms with E-state index in [0.717, 1.165) is 16.6 Å². The van der Waals surface area contributed by atoms with Crippen molar-refractivity contribution in [2.45, 2.75) is 26.2 Å². The number of aliphatic carboxylic acids is 1. The zero-order valence-electron chi connectivity index (χ0n) is 12.3. The minimum atomic E-state index is -0.861. The van der Waals surface area contributed by atoms with E-state index in [2.05, 4.69) is 27.5 Å². The Hall–Kier alpha value is -2.22. The van der Waals surface area contributed by atoms with Crippen molar-refractivity contribution in [2.24, 2.45) is 0 Å². The Morgan fingerprint density at radius 1 is 1.36 bits per heavy atom. The number of rotatable bonds is 8. The highest BCUT2D eigenvalue weighted by atomic mass is 32.1. The number of hydrogen-bond donors (Lipinski definition) is 3. The first kappa shape index (κ1) is 16.2. The summed E-state index contributed by atoms with van der Waals surface area (Å²) in [6, 6.07) is 2.03. The van der Waals surface area contributed by atoms with E-state index in [1.807, 2.05) is 6.07 Å². The van der Waals surface area contributed by atoms with E-state index in [1.54, 1.807) is 11.3 Å². The molecule has 0 aromatic carbocycles. The summed E-state index contributed by atoms with van der Waals surface area (Å²) in [5.74, 6) is -0.412. The van der Waals surface area contributed by atoms with Gasteiger partial charge in [0.15, 0.2) is 0 Å². The molecule has 3 N–H and O–H groups in total. The van der Waals surface area contributed by atoms with E-state index in [9.17, 15) is 9.59 Å². The predicted molar refractivity (Wildman–Crippen MR) is 85.2 cm³/mol. The summed E-state index contributed by atoms with van der Waals surface area (Å²) >= 11 is 1.62. The summed E-state index contributed by atoms with van der Waals surface area (Å²) < 4.78 is 0. The van der Waals surface area contributed by atoms with Crippen LogP contribution in [0.25, 0.3) is 10.2 Å². The fraction of sp³-hybridized carbons (Fsp3) is 0.429. The van der Waals surface area contributed by atoms with Crippen LogP contribution in [0.4, 0.5) is 5.82 Å². The third kappa shape index (κ3) is 4.39. The molecule has 0 fully saturated rings. The normalized spacial score (nSPS) is 10.6. The van der Waals surface area contributed by atoms with Crippen molar-refractivity contribution in [2.75, 3.05) is 18.4 Å². The number of carboxylic acid groups (broad SMARTS) is 1. The third-order valence-electron chi connectivity index (χ3n) is 3.03. The lowest BCUT2D eigenvalue weighted by Crippen LogP contribution is -2.31. The van der Waals surface area contributed by atoms with Crippen LogP contribution in [0.2, 0.25) is 0 Å². The van der Waals surface area contributed by atoms with Gasteiger partial charge in [-0.2, -0.15) is 0 Å². The van der Waals surface area contributed by atoms with Gasteiger partial charge in [-0.25, -0.2) is 9.97 Å². The minimum absolute atomic E-state index is 0.0505. The number of aromatic nitrogens is 2. The van der Waals surface area contributed by atoms with Crippen molar-refractivity contribution in [1.29, 1.82) is 0 Å². The van der Waals surface area contributed by atoms with Crippen LogP contribution in [-0.2, 0) is 16.0 Å². The van der Waals surface area contributed by atoms with Gasteiger partial charge in [-0.15, -0.1) is 11.3 Å². The molecule has 2 heterocycles. The predicted octanol–water partition coefficient (Wildman–Crippen LogP) is 1.65. The number of amides is 1. The molecule has 0 aliphatic rings. The third-order valence-corrected chi connectivity index (χ3v) is 4.22. The minimum Gasteiger partial charge on any atom is -0.481 e. The Labute approximate surface area is 131 Å². The van der Waals surface area contributed by atoms with Gasteiger partial charge in [0.1, 0.15) is 17.0 Å². The first-order valence-corrected chi connectivity index (χ1v) is 7.87. The molecule has 2 aromatic heterocycles. The summed E-state index contributed by atoms with van der Waals surface area (Å²) in [4.78, 5) is 32.6. The number of carbonyl (C=O) groups excluding carboxylic acids is 1. The molecule has 0 unspecified atom stereocenters. The number of nitrogens with one attached hydrogen (secondary N) is 2. The molecule has 118 valence electrons. The number of anilines is 1. The van der Waals surface area contributed by atoms with Crippen LogP contribution in [0.3, 0.4) is 0 Å². The Morgan fingerprint density at radius 3 is 2.91 bits per heavy atom. The maximum atomic E-state index is 11.7. The molecule has 0 radical (unpaired) electrons. The van der Waals surface area contributed by atoms with Crippen molar-refractivity contribution < 1.29 is 14.7 Å². The molecule has 8 heteroatoms. The molecule has 0 spiro atoms. The summed E-state index contributed by atoms with van der Waals surface area (Å²) in [6.07, 6.45) is 2.88. The van der Waals surface area contributed by atoms with Gasteiger partial charge in [-0.05, 0) is 18.9 Å². The van der Waals surface area contributed by atoms with Crippen molar-refractivity contribution in [1.82, 2.24) is 15.3 Å². The van der Waals surface area contributed by atoms with Crippen molar-refractivity contribution in [3.8, 4) is 0 Å². The fourth-order valence-electron chi connectivity index (χ4n) is 1.91. The molecule has 7 nitrogen and oxygen atoms in total. The van der Waals surface area contributed by atoms with E-state index < -0.39 is 5.97 Å². The first-order valence-electron chi connectivity index (χ1n) is 7.06. The Kier molecular flexibility index (Phi) is 5.65. The van der Waals surface area contributed by atoms with Gasteiger partial charge in [0.05, 0.1) is 11.9 Å². The lowest BCUT2D eigenvalue weighted by atomic mass is 10.3. The van der Waals surface area contributed by atoms with Crippen molar-refractivity contribution >= 4 is 39.2 Å². The number of hydrogen-bond acceptors (Lipinski definition) is 6. The van der Waals surface area contributed by atoms with Gasteiger partial charge < -0.3 is 15.7 Å². The maximum absolute atomic E-state index is 11.7. The molecule has 0 aliphatic carbocycles. The van der Waals surface area contributed by atoms with Crippen LogP contribution in [0.15, 0.2) is 12.4 Å². The van der Waals surface area contributed by atoms with Crippen LogP contribution in [-0.4, -0.2) is 40.0 Å².